The highest BCUT2D eigenvalue weighted by atomic mass is 35.5. The number of rotatable bonds is 3. The summed E-state index contributed by atoms with van der Waals surface area (Å²) in [5, 5.41) is 17.8. The van der Waals surface area contributed by atoms with E-state index in [-0.39, 0.29) is 11.8 Å². The Morgan fingerprint density at radius 3 is 2.95 bits per heavy atom. The molecule has 0 radical (unpaired) electrons. The van der Waals surface area contributed by atoms with Crippen molar-refractivity contribution >= 4 is 23.2 Å². The first-order valence-corrected chi connectivity index (χ1v) is 7.60. The second kappa shape index (κ2) is 5.83. The van der Waals surface area contributed by atoms with E-state index in [1.54, 1.807) is 6.07 Å². The van der Waals surface area contributed by atoms with Crippen LogP contribution in [0, 0.1) is 6.92 Å². The quantitative estimate of drug-likeness (QED) is 0.906. The highest BCUT2D eigenvalue weighted by Gasteiger charge is 2.30. The van der Waals surface area contributed by atoms with E-state index in [1.807, 2.05) is 6.92 Å². The zero-order valence-electron chi connectivity index (χ0n) is 11.6. The molecule has 2 aromatic rings. The predicted molar refractivity (Wildman–Crippen MR) is 81.6 cm³/mol. The Morgan fingerprint density at radius 2 is 2.24 bits per heavy atom. The predicted octanol–water partition coefficient (Wildman–Crippen LogP) is 3.46. The maximum absolute atomic E-state index is 9.75. The lowest BCUT2D eigenvalue weighted by molar-refractivity contribution is 0.240. The SMILES string of the molecule is Cc1nc([C@H]2CCCN2Cc2c(Cl)ccc(O)c2Cl)n[nH]1. The summed E-state index contributed by atoms with van der Waals surface area (Å²) in [6, 6.07) is 3.33. The van der Waals surface area contributed by atoms with E-state index >= 15 is 0 Å². The van der Waals surface area contributed by atoms with Crippen molar-refractivity contribution in [3.05, 3.63) is 39.4 Å². The third-order valence-corrected chi connectivity index (χ3v) is 4.58. The molecule has 1 fully saturated rings. The first-order chi connectivity index (χ1) is 10.1. The third kappa shape index (κ3) is 2.86. The third-order valence-electron chi connectivity index (χ3n) is 3.80. The number of phenols is 1. The molecule has 1 aromatic heterocycles. The average Bonchev–Trinajstić information content (AvgIpc) is 3.07. The minimum absolute atomic E-state index is 0.0561. The summed E-state index contributed by atoms with van der Waals surface area (Å²) in [6.07, 6.45) is 2.08. The van der Waals surface area contributed by atoms with Crippen molar-refractivity contribution in [3.8, 4) is 5.75 Å². The van der Waals surface area contributed by atoms with Crippen LogP contribution in [0.25, 0.3) is 0 Å². The summed E-state index contributed by atoms with van der Waals surface area (Å²) in [5.74, 6) is 1.67. The Labute approximate surface area is 132 Å². The van der Waals surface area contributed by atoms with Crippen LogP contribution in [-0.2, 0) is 6.54 Å². The van der Waals surface area contributed by atoms with Gasteiger partial charge in [-0.1, -0.05) is 23.2 Å². The van der Waals surface area contributed by atoms with E-state index in [1.165, 1.54) is 6.07 Å². The van der Waals surface area contributed by atoms with Crippen molar-refractivity contribution in [3.63, 3.8) is 0 Å². The number of H-pyrrole nitrogens is 1. The van der Waals surface area contributed by atoms with Crippen LogP contribution in [-0.4, -0.2) is 31.7 Å². The number of hydrogen-bond donors (Lipinski definition) is 2. The van der Waals surface area contributed by atoms with Crippen molar-refractivity contribution in [2.45, 2.75) is 32.4 Å². The van der Waals surface area contributed by atoms with Gasteiger partial charge in [0.15, 0.2) is 5.82 Å². The van der Waals surface area contributed by atoms with E-state index in [9.17, 15) is 5.11 Å². The monoisotopic (exact) mass is 326 g/mol. The fourth-order valence-electron chi connectivity index (χ4n) is 2.75. The summed E-state index contributed by atoms with van der Waals surface area (Å²) < 4.78 is 0. The van der Waals surface area contributed by atoms with Crippen LogP contribution in [0.1, 0.15) is 36.1 Å². The Bertz CT molecular complexity index is 658. The van der Waals surface area contributed by atoms with Crippen LogP contribution in [0.2, 0.25) is 10.0 Å². The number of aromatic nitrogens is 3. The van der Waals surface area contributed by atoms with E-state index in [0.717, 1.165) is 36.6 Å². The number of likely N-dealkylation sites (tertiary alicyclic amines) is 1. The molecule has 7 heteroatoms. The fourth-order valence-corrected chi connectivity index (χ4v) is 3.24. The number of aryl methyl sites for hydroxylation is 1. The molecule has 1 aliphatic rings. The first kappa shape index (κ1) is 14.6. The van der Waals surface area contributed by atoms with Gasteiger partial charge in [-0.25, -0.2) is 4.98 Å². The Morgan fingerprint density at radius 1 is 1.43 bits per heavy atom. The molecule has 0 bridgehead atoms. The van der Waals surface area contributed by atoms with Crippen LogP contribution < -0.4 is 0 Å². The van der Waals surface area contributed by atoms with Crippen molar-refractivity contribution in [2.75, 3.05) is 6.54 Å². The van der Waals surface area contributed by atoms with Gasteiger partial charge in [0.1, 0.15) is 11.6 Å². The van der Waals surface area contributed by atoms with Crippen LogP contribution in [0.4, 0.5) is 0 Å². The normalized spacial score (nSPS) is 19.3. The molecule has 112 valence electrons. The molecule has 2 heterocycles. The number of benzene rings is 1. The van der Waals surface area contributed by atoms with Gasteiger partial charge >= 0.3 is 0 Å². The number of halogens is 2. The number of phenolic OH excluding ortho intramolecular Hbond substituents is 1. The first-order valence-electron chi connectivity index (χ1n) is 6.85. The van der Waals surface area contributed by atoms with Crippen molar-refractivity contribution in [1.29, 1.82) is 0 Å². The molecular formula is C14H16Cl2N4O. The zero-order chi connectivity index (χ0) is 15.0. The van der Waals surface area contributed by atoms with E-state index in [4.69, 9.17) is 23.2 Å². The fraction of sp³-hybridized carbons (Fsp3) is 0.429. The van der Waals surface area contributed by atoms with Crippen LogP contribution in [0.3, 0.4) is 0 Å². The van der Waals surface area contributed by atoms with Gasteiger partial charge in [-0.3, -0.25) is 10.00 Å². The van der Waals surface area contributed by atoms with Crippen LogP contribution in [0.5, 0.6) is 5.75 Å². The highest BCUT2D eigenvalue weighted by molar-refractivity contribution is 6.36. The summed E-state index contributed by atoms with van der Waals surface area (Å²) in [4.78, 5) is 6.67. The number of aromatic amines is 1. The van der Waals surface area contributed by atoms with E-state index in [2.05, 4.69) is 20.1 Å². The second-order valence-electron chi connectivity index (χ2n) is 5.27. The highest BCUT2D eigenvalue weighted by Crippen LogP contribution is 2.37. The van der Waals surface area contributed by atoms with Gasteiger partial charge in [0, 0.05) is 17.1 Å². The molecule has 2 N–H and O–H groups in total. The molecule has 0 unspecified atom stereocenters. The number of aromatic hydroxyl groups is 1. The number of nitrogens with one attached hydrogen (secondary N) is 1. The van der Waals surface area contributed by atoms with Gasteiger partial charge in [-0.2, -0.15) is 5.10 Å². The van der Waals surface area contributed by atoms with Gasteiger partial charge in [0.2, 0.25) is 0 Å². The van der Waals surface area contributed by atoms with Gasteiger partial charge in [0.05, 0.1) is 11.1 Å². The van der Waals surface area contributed by atoms with Crippen molar-refractivity contribution in [2.24, 2.45) is 0 Å². The minimum atomic E-state index is 0.0561. The summed E-state index contributed by atoms with van der Waals surface area (Å²) in [6.45, 7) is 3.39. The van der Waals surface area contributed by atoms with E-state index in [0.29, 0.717) is 16.6 Å². The number of nitrogens with zero attached hydrogens (tertiary/aromatic N) is 3. The minimum Gasteiger partial charge on any atom is -0.506 e. The topological polar surface area (TPSA) is 65.0 Å². The summed E-state index contributed by atoms with van der Waals surface area (Å²) in [7, 11) is 0. The molecule has 0 saturated carbocycles. The maximum Gasteiger partial charge on any atom is 0.167 e. The van der Waals surface area contributed by atoms with Gasteiger partial charge in [-0.05, 0) is 38.4 Å². The lowest BCUT2D eigenvalue weighted by atomic mass is 10.1. The van der Waals surface area contributed by atoms with Crippen molar-refractivity contribution < 1.29 is 5.11 Å². The number of hydrogen-bond acceptors (Lipinski definition) is 4. The maximum atomic E-state index is 9.75. The Balaban J connectivity index is 1.86. The molecule has 5 nitrogen and oxygen atoms in total. The summed E-state index contributed by atoms with van der Waals surface area (Å²) >= 11 is 12.4. The lowest BCUT2D eigenvalue weighted by Gasteiger charge is -2.23. The molecule has 3 rings (SSSR count). The molecule has 1 aromatic carbocycles. The van der Waals surface area contributed by atoms with Crippen LogP contribution in [0.15, 0.2) is 12.1 Å². The average molecular weight is 327 g/mol. The summed E-state index contributed by atoms with van der Waals surface area (Å²) in [5.41, 5.74) is 0.748. The van der Waals surface area contributed by atoms with Gasteiger partial charge in [-0.15, -0.1) is 0 Å². The molecule has 1 aliphatic heterocycles. The van der Waals surface area contributed by atoms with Crippen LogP contribution >= 0.6 is 23.2 Å². The van der Waals surface area contributed by atoms with E-state index < -0.39 is 0 Å². The van der Waals surface area contributed by atoms with Gasteiger partial charge in [0.25, 0.3) is 0 Å². The second-order valence-corrected chi connectivity index (χ2v) is 6.05. The molecule has 1 atom stereocenters. The smallest absolute Gasteiger partial charge is 0.167 e. The molecule has 1 saturated heterocycles. The largest absolute Gasteiger partial charge is 0.506 e. The molecule has 0 amide bonds. The lowest BCUT2D eigenvalue weighted by Crippen LogP contribution is -2.24. The Hall–Kier alpha value is -1.30. The molecule has 0 aliphatic carbocycles. The molecular weight excluding hydrogens is 311 g/mol. The molecule has 0 spiro atoms. The molecule has 21 heavy (non-hydrogen) atoms. The van der Waals surface area contributed by atoms with Gasteiger partial charge < -0.3 is 5.11 Å². The Kier molecular flexibility index (Phi) is 4.06. The van der Waals surface area contributed by atoms with Crippen molar-refractivity contribution in [1.82, 2.24) is 20.1 Å². The zero-order valence-corrected chi connectivity index (χ0v) is 13.1. The standard InChI is InChI=1S/C14H16Cl2N4O/c1-8-17-14(19-18-8)11-3-2-6-20(11)7-9-10(15)4-5-12(21)13(9)16/h4-5,11,21H,2-3,6-7H2,1H3,(H,17,18,19)/t11-/m1/s1.